The Morgan fingerprint density at radius 2 is 1.28 bits per heavy atom. The lowest BCUT2D eigenvalue weighted by atomic mass is 10.0. The van der Waals surface area contributed by atoms with Gasteiger partial charge in [-0.25, -0.2) is 9.79 Å². The first-order valence-corrected chi connectivity index (χ1v) is 33.5. The number of primary amides is 2. The summed E-state index contributed by atoms with van der Waals surface area (Å²) in [5.41, 5.74) is 26.0. The lowest BCUT2D eigenvalue weighted by molar-refractivity contribution is -0.147. The zero-order chi connectivity index (χ0) is 63.5. The predicted octanol–water partition coefficient (Wildman–Crippen LogP) is 0.726. The number of amides is 10. The van der Waals surface area contributed by atoms with Gasteiger partial charge in [-0.1, -0.05) is 68.8 Å². The van der Waals surface area contributed by atoms with Crippen LogP contribution in [0, 0.1) is 11.8 Å². The van der Waals surface area contributed by atoms with Gasteiger partial charge in [-0.2, -0.15) is 35.3 Å². The number of aliphatic imine (C=N–C) groups is 1. The SMILES string of the molecule is CCCCNC(=O)N=CC(CSCc1cc(CSCCNC(=O)C(CNCCN)CNCCN)cc(CSCCC(=O)O)c1)C(=O)N1CCC[C@H]1C(=O)N1CCC[C@H]1C(=O)N[C@@H](CC)C(=O)N[C@@H](CCC(N)=O)C(=O)N[C@@H](Cc1ccccc1)C(N)=O. The Hall–Kier alpha value is -6.30. The highest BCUT2D eigenvalue weighted by Crippen LogP contribution is 2.29. The van der Waals surface area contributed by atoms with Crippen molar-refractivity contribution in [3.63, 3.8) is 0 Å². The van der Waals surface area contributed by atoms with E-state index in [4.69, 9.17) is 22.9 Å². The Balaban J connectivity index is 1.46. The molecule has 482 valence electrons. The van der Waals surface area contributed by atoms with E-state index in [2.05, 4.69) is 60.4 Å². The molecule has 0 saturated carbocycles. The maximum atomic E-state index is 14.8. The van der Waals surface area contributed by atoms with E-state index in [-0.39, 0.29) is 69.2 Å². The number of carboxylic acids is 1. The monoisotopic (exact) mass is 1270 g/mol. The fraction of sp³-hybridized carbons (Fsp3) is 0.610. The second-order valence-corrected chi connectivity index (χ2v) is 24.7. The summed E-state index contributed by atoms with van der Waals surface area (Å²) in [6.07, 6.45) is 4.18. The number of hydrogen-bond donors (Lipinski definition) is 12. The van der Waals surface area contributed by atoms with Crippen LogP contribution in [0.15, 0.2) is 53.5 Å². The van der Waals surface area contributed by atoms with Gasteiger partial charge < -0.3 is 75.1 Å². The van der Waals surface area contributed by atoms with Crippen molar-refractivity contribution in [3.8, 4) is 0 Å². The third-order valence-corrected chi connectivity index (χ3v) is 17.7. The quantitative estimate of drug-likeness (QED) is 0.0322. The number of carbonyl (C=O) groups is 10. The molecule has 2 aromatic carbocycles. The second kappa shape index (κ2) is 41.0. The third-order valence-electron chi connectivity index (χ3n) is 14.5. The molecule has 0 spiro atoms. The molecule has 2 saturated heterocycles. The highest BCUT2D eigenvalue weighted by Gasteiger charge is 2.44. The zero-order valence-electron chi connectivity index (χ0n) is 50.2. The van der Waals surface area contributed by atoms with Crippen molar-refractivity contribution in [2.24, 2.45) is 39.8 Å². The van der Waals surface area contributed by atoms with Crippen LogP contribution in [0.25, 0.3) is 0 Å². The average Bonchev–Trinajstić information content (AvgIpc) is 3.34. The summed E-state index contributed by atoms with van der Waals surface area (Å²) >= 11 is 4.64. The molecule has 6 atom stereocenters. The molecule has 28 heteroatoms. The number of rotatable bonds is 42. The number of hydrogen-bond acceptors (Lipinski definition) is 17. The maximum absolute atomic E-state index is 14.8. The lowest BCUT2D eigenvalue weighted by Gasteiger charge is -2.32. The molecule has 2 aliphatic rings. The molecule has 1 unspecified atom stereocenters. The summed E-state index contributed by atoms with van der Waals surface area (Å²) in [7, 11) is 0. The van der Waals surface area contributed by atoms with Gasteiger partial charge in [0.15, 0.2) is 0 Å². The van der Waals surface area contributed by atoms with Crippen LogP contribution in [-0.2, 0) is 66.8 Å². The summed E-state index contributed by atoms with van der Waals surface area (Å²) in [6, 6.07) is 8.91. The van der Waals surface area contributed by atoms with Gasteiger partial charge in [-0.05, 0) is 67.2 Å². The number of carboxylic acid groups (broad SMARTS) is 1. The summed E-state index contributed by atoms with van der Waals surface area (Å²) in [5.74, 6) is -3.73. The smallest absolute Gasteiger partial charge is 0.340 e. The fourth-order valence-electron chi connectivity index (χ4n) is 9.88. The van der Waals surface area contributed by atoms with Crippen molar-refractivity contribution in [2.75, 3.05) is 82.7 Å². The van der Waals surface area contributed by atoms with Crippen molar-refractivity contribution < 1.29 is 53.1 Å². The number of urea groups is 1. The van der Waals surface area contributed by atoms with E-state index < -0.39 is 89.5 Å². The van der Waals surface area contributed by atoms with Crippen LogP contribution < -0.4 is 60.2 Å². The van der Waals surface area contributed by atoms with E-state index in [0.717, 1.165) is 35.1 Å². The molecule has 2 fully saturated rings. The second-order valence-electron chi connectivity index (χ2n) is 21.4. The molecular formula is C59H92N14O11S3. The molecular weight excluding hydrogens is 1180 g/mol. The van der Waals surface area contributed by atoms with Crippen molar-refractivity contribution in [2.45, 2.75) is 132 Å². The fourth-order valence-corrected chi connectivity index (χ4v) is 12.5. The van der Waals surface area contributed by atoms with E-state index in [1.54, 1.807) is 49.0 Å². The molecule has 2 heterocycles. The molecule has 87 heavy (non-hydrogen) atoms. The maximum Gasteiger partial charge on any atom is 0.340 e. The molecule has 10 amide bonds. The van der Waals surface area contributed by atoms with Crippen molar-refractivity contribution in [1.82, 2.24) is 47.0 Å². The standard InChI is InChI=1S/C59H92N14O11S3/c1-3-5-20-67-59(84)68-34-44(38-87-37-42-29-40(35-85-26-17-51(75)76)28-41(30-42)36-86-27-23-66-53(78)43(32-64-21-18-60)33-65-22-19-61)57(82)73-25-10-14-49(73)58(83)72-24-9-13-48(72)56(81)69-45(4-2)54(79)70-46(15-16-50(62)74)55(80)71-47(52(63)77)31-39-11-7-6-8-12-39/h6-8,11-12,28-30,34,43-49,64-65H,3-5,9-10,13-27,31-33,35-38,60-61H2,1-2H3,(H2,62,74)(H2,63,77)(H,66,78)(H,67,84)(H,69,81)(H,70,79)(H,71,80)(H,75,76)/t44?,45-,46-,47-,48-,49-/m0/s1. The molecule has 2 aliphatic heterocycles. The van der Waals surface area contributed by atoms with Crippen LogP contribution in [-0.4, -0.2) is 193 Å². The third kappa shape index (κ3) is 26.9. The summed E-state index contributed by atoms with van der Waals surface area (Å²) < 4.78 is 0. The van der Waals surface area contributed by atoms with Crippen molar-refractivity contribution >= 4 is 101 Å². The minimum Gasteiger partial charge on any atom is -0.481 e. The molecule has 4 rings (SSSR count). The van der Waals surface area contributed by atoms with E-state index in [9.17, 15) is 53.1 Å². The van der Waals surface area contributed by atoms with Gasteiger partial charge in [0.25, 0.3) is 0 Å². The first-order valence-electron chi connectivity index (χ1n) is 30.0. The lowest BCUT2D eigenvalue weighted by Crippen LogP contribution is -2.58. The summed E-state index contributed by atoms with van der Waals surface area (Å²) in [5, 5.41) is 29.4. The number of carbonyl (C=O) groups excluding carboxylic acids is 9. The molecule has 2 aromatic rings. The number of unbranched alkanes of at least 4 members (excludes halogenated alkanes) is 1. The van der Waals surface area contributed by atoms with Gasteiger partial charge in [-0.3, -0.25) is 43.2 Å². The Morgan fingerprint density at radius 1 is 0.678 bits per heavy atom. The number of aliphatic carboxylic acids is 1. The number of benzene rings is 2. The van der Waals surface area contributed by atoms with Crippen LogP contribution in [0.2, 0.25) is 0 Å². The average molecular weight is 1270 g/mol. The van der Waals surface area contributed by atoms with Crippen molar-refractivity contribution in [1.29, 1.82) is 0 Å². The van der Waals surface area contributed by atoms with Crippen LogP contribution in [0.4, 0.5) is 4.79 Å². The van der Waals surface area contributed by atoms with E-state index in [0.29, 0.717) is 100 Å². The number of nitrogens with two attached hydrogens (primary N) is 4. The predicted molar refractivity (Wildman–Crippen MR) is 341 cm³/mol. The molecule has 0 aromatic heterocycles. The largest absolute Gasteiger partial charge is 0.481 e. The Labute approximate surface area is 523 Å². The Bertz CT molecular complexity index is 2580. The zero-order valence-corrected chi connectivity index (χ0v) is 52.7. The topological polar surface area (TPSA) is 398 Å². The van der Waals surface area contributed by atoms with Gasteiger partial charge in [0.05, 0.1) is 18.3 Å². The van der Waals surface area contributed by atoms with Gasteiger partial charge in [0, 0.05) is 119 Å². The summed E-state index contributed by atoms with van der Waals surface area (Å²) in [4.78, 5) is 140. The first-order chi connectivity index (χ1) is 41.9. The van der Waals surface area contributed by atoms with Crippen LogP contribution >= 0.6 is 35.3 Å². The van der Waals surface area contributed by atoms with Gasteiger partial charge >= 0.3 is 12.0 Å². The highest BCUT2D eigenvalue weighted by atomic mass is 32.2. The molecule has 0 radical (unpaired) electrons. The van der Waals surface area contributed by atoms with Crippen LogP contribution in [0.1, 0.15) is 100 Å². The number of nitrogens with one attached hydrogen (secondary N) is 7. The molecule has 25 nitrogen and oxygen atoms in total. The van der Waals surface area contributed by atoms with Crippen LogP contribution in [0.5, 0.6) is 0 Å². The highest BCUT2D eigenvalue weighted by molar-refractivity contribution is 7.99. The molecule has 0 aliphatic carbocycles. The Kier molecular flexibility index (Phi) is 34.5. The van der Waals surface area contributed by atoms with E-state index >= 15 is 0 Å². The Morgan fingerprint density at radius 3 is 1.87 bits per heavy atom. The van der Waals surface area contributed by atoms with Crippen molar-refractivity contribution in [3.05, 3.63) is 70.8 Å². The summed E-state index contributed by atoms with van der Waals surface area (Å²) in [6.45, 7) is 8.03. The first kappa shape index (κ1) is 73.2. The molecule has 0 bridgehead atoms. The minimum absolute atomic E-state index is 0.0268. The number of likely N-dealkylation sites (tertiary alicyclic amines) is 2. The van der Waals surface area contributed by atoms with Gasteiger partial charge in [0.2, 0.25) is 47.3 Å². The molecule has 16 N–H and O–H groups in total. The van der Waals surface area contributed by atoms with Crippen LogP contribution in [0.3, 0.4) is 0 Å². The normalized spacial score (nSPS) is 16.2. The number of nitrogens with zero attached hydrogens (tertiary/aromatic N) is 3. The van der Waals surface area contributed by atoms with Gasteiger partial charge in [0.1, 0.15) is 30.2 Å². The number of thioether (sulfide) groups is 3. The van der Waals surface area contributed by atoms with E-state index in [1.165, 1.54) is 39.5 Å². The van der Waals surface area contributed by atoms with E-state index in [1.807, 2.05) is 6.92 Å². The minimum atomic E-state index is -1.34. The van der Waals surface area contributed by atoms with Gasteiger partial charge in [-0.15, -0.1) is 0 Å².